The van der Waals surface area contributed by atoms with Crippen LogP contribution in [0.25, 0.3) is 22.4 Å². The summed E-state index contributed by atoms with van der Waals surface area (Å²) < 4.78 is 0. The molecule has 1 amide bonds. The highest BCUT2D eigenvalue weighted by Crippen LogP contribution is 2.26. The Morgan fingerprint density at radius 3 is 2.86 bits per heavy atom. The fourth-order valence-corrected chi connectivity index (χ4v) is 3.96. The zero-order chi connectivity index (χ0) is 19.6. The lowest BCUT2D eigenvalue weighted by Crippen LogP contribution is -2.43. The molecule has 1 fully saturated rings. The molecule has 4 aromatic rings. The highest BCUT2D eigenvalue weighted by Gasteiger charge is 2.17. The predicted molar refractivity (Wildman–Crippen MR) is 114 cm³/mol. The van der Waals surface area contributed by atoms with Crippen LogP contribution in [0.4, 0.5) is 10.9 Å². The molecule has 0 saturated carbocycles. The second kappa shape index (κ2) is 7.61. The average Bonchev–Trinajstić information content (AvgIpc) is 3.44. The number of rotatable bonds is 4. The summed E-state index contributed by atoms with van der Waals surface area (Å²) in [6, 6.07) is 9.51. The lowest BCUT2D eigenvalue weighted by molar-refractivity contribution is 0.102. The number of aromatic nitrogens is 4. The first-order chi connectivity index (χ1) is 14.3. The number of thiazole rings is 1. The van der Waals surface area contributed by atoms with E-state index in [0.717, 1.165) is 43.1 Å². The summed E-state index contributed by atoms with van der Waals surface area (Å²) in [7, 11) is 0. The normalized spacial score (nSPS) is 14.3. The van der Waals surface area contributed by atoms with Crippen LogP contribution in [0.5, 0.6) is 0 Å². The van der Waals surface area contributed by atoms with Gasteiger partial charge < -0.3 is 15.2 Å². The fourth-order valence-electron chi connectivity index (χ4n) is 3.43. The maximum absolute atomic E-state index is 12.7. The molecular weight excluding hydrogens is 386 g/mol. The number of para-hydroxylation sites is 1. The lowest BCUT2D eigenvalue weighted by atomic mass is 10.2. The molecule has 0 atom stereocenters. The number of carbonyl (C=O) groups is 1. The molecule has 4 heterocycles. The molecule has 0 unspecified atom stereocenters. The summed E-state index contributed by atoms with van der Waals surface area (Å²) in [5, 5.41) is 8.56. The smallest absolute Gasteiger partial charge is 0.259 e. The minimum absolute atomic E-state index is 0.222. The Balaban J connectivity index is 1.48. The number of piperazine rings is 1. The van der Waals surface area contributed by atoms with Gasteiger partial charge in [0, 0.05) is 49.5 Å². The van der Waals surface area contributed by atoms with Gasteiger partial charge >= 0.3 is 0 Å². The van der Waals surface area contributed by atoms with E-state index in [1.165, 1.54) is 11.3 Å². The second-order valence-electron chi connectivity index (χ2n) is 6.72. The van der Waals surface area contributed by atoms with E-state index in [4.69, 9.17) is 4.98 Å². The number of amides is 1. The highest BCUT2D eigenvalue weighted by molar-refractivity contribution is 7.13. The van der Waals surface area contributed by atoms with Crippen molar-refractivity contribution in [2.24, 2.45) is 0 Å². The van der Waals surface area contributed by atoms with Crippen LogP contribution in [0.15, 0.2) is 48.1 Å². The van der Waals surface area contributed by atoms with E-state index in [-0.39, 0.29) is 5.91 Å². The molecule has 1 aliphatic rings. The zero-order valence-electron chi connectivity index (χ0n) is 15.6. The van der Waals surface area contributed by atoms with Gasteiger partial charge in [0.25, 0.3) is 5.91 Å². The Morgan fingerprint density at radius 2 is 2.03 bits per heavy atom. The van der Waals surface area contributed by atoms with Crippen molar-refractivity contribution in [2.45, 2.75) is 0 Å². The third-order valence-electron chi connectivity index (χ3n) is 4.87. The molecule has 0 bridgehead atoms. The van der Waals surface area contributed by atoms with E-state index >= 15 is 0 Å². The summed E-state index contributed by atoms with van der Waals surface area (Å²) in [6.07, 6.45) is 3.46. The topological polar surface area (TPSA) is 98.8 Å². The van der Waals surface area contributed by atoms with Gasteiger partial charge in [-0.15, -0.1) is 11.3 Å². The summed E-state index contributed by atoms with van der Waals surface area (Å²) in [6.45, 7) is 3.76. The molecule has 8 nitrogen and oxygen atoms in total. The number of hydrogen-bond acceptors (Lipinski definition) is 7. The molecule has 3 N–H and O–H groups in total. The van der Waals surface area contributed by atoms with Gasteiger partial charge in [-0.05, 0) is 24.3 Å². The zero-order valence-corrected chi connectivity index (χ0v) is 16.4. The third kappa shape index (κ3) is 3.57. The number of aromatic amines is 1. The number of fused-ring (bicyclic) bond motifs is 1. The summed E-state index contributed by atoms with van der Waals surface area (Å²) >= 11 is 1.38. The van der Waals surface area contributed by atoms with Gasteiger partial charge in [0.1, 0.15) is 17.2 Å². The van der Waals surface area contributed by atoms with Gasteiger partial charge in [-0.3, -0.25) is 10.1 Å². The standard InChI is InChI=1S/C20H19N7OS/c28-19(26-20-23-8-11-29-20)14-2-1-3-15-17(14)25-18(24-15)13-4-5-22-16(12-13)27-9-6-21-7-10-27/h1-5,8,11-12,21H,6-7,9-10H2,(H,24,25)(H,23,26,28). The Morgan fingerprint density at radius 1 is 1.14 bits per heavy atom. The van der Waals surface area contributed by atoms with Crippen molar-refractivity contribution in [1.29, 1.82) is 0 Å². The van der Waals surface area contributed by atoms with Gasteiger partial charge in [0.15, 0.2) is 5.13 Å². The van der Waals surface area contributed by atoms with Crippen LogP contribution in [-0.4, -0.2) is 52.0 Å². The van der Waals surface area contributed by atoms with E-state index < -0.39 is 0 Å². The number of anilines is 2. The molecule has 29 heavy (non-hydrogen) atoms. The van der Waals surface area contributed by atoms with Crippen LogP contribution < -0.4 is 15.5 Å². The molecule has 5 rings (SSSR count). The van der Waals surface area contributed by atoms with Gasteiger partial charge in [-0.1, -0.05) is 6.07 Å². The minimum atomic E-state index is -0.222. The predicted octanol–water partition coefficient (Wildman–Crippen LogP) is 2.74. The molecule has 1 aromatic carbocycles. The maximum atomic E-state index is 12.7. The molecule has 1 aliphatic heterocycles. The molecule has 0 aliphatic carbocycles. The van der Waals surface area contributed by atoms with Crippen molar-refractivity contribution in [3.63, 3.8) is 0 Å². The molecule has 146 valence electrons. The van der Waals surface area contributed by atoms with Crippen LogP contribution in [-0.2, 0) is 0 Å². The number of benzene rings is 1. The van der Waals surface area contributed by atoms with Crippen molar-refractivity contribution in [2.75, 3.05) is 36.4 Å². The molecule has 0 radical (unpaired) electrons. The number of hydrogen-bond donors (Lipinski definition) is 3. The van der Waals surface area contributed by atoms with Gasteiger partial charge in [-0.2, -0.15) is 0 Å². The van der Waals surface area contributed by atoms with E-state index in [1.54, 1.807) is 18.5 Å². The molecule has 0 spiro atoms. The first kappa shape index (κ1) is 17.8. The Labute approximate surface area is 171 Å². The number of pyridine rings is 1. The first-order valence-electron chi connectivity index (χ1n) is 9.39. The molecular formula is C20H19N7OS. The Kier molecular flexibility index (Phi) is 4.66. The molecule has 3 aromatic heterocycles. The van der Waals surface area contributed by atoms with Crippen LogP contribution >= 0.6 is 11.3 Å². The van der Waals surface area contributed by atoms with Crippen molar-refractivity contribution in [3.05, 3.63) is 53.7 Å². The quantitative estimate of drug-likeness (QED) is 0.483. The number of H-pyrrole nitrogens is 1. The summed E-state index contributed by atoms with van der Waals surface area (Å²) in [4.78, 5) is 31.7. The van der Waals surface area contributed by atoms with Crippen LogP contribution in [0.2, 0.25) is 0 Å². The Bertz CT molecular complexity index is 1150. The van der Waals surface area contributed by atoms with Gasteiger partial charge in [0.05, 0.1) is 11.1 Å². The number of imidazole rings is 1. The largest absolute Gasteiger partial charge is 0.354 e. The molecule has 9 heteroatoms. The van der Waals surface area contributed by atoms with Crippen molar-refractivity contribution >= 4 is 39.2 Å². The Hall–Kier alpha value is -3.30. The summed E-state index contributed by atoms with van der Waals surface area (Å²) in [5.41, 5.74) is 2.90. The van der Waals surface area contributed by atoms with E-state index in [0.29, 0.717) is 22.0 Å². The monoisotopic (exact) mass is 405 g/mol. The summed E-state index contributed by atoms with van der Waals surface area (Å²) in [5.74, 6) is 1.43. The van der Waals surface area contributed by atoms with Crippen LogP contribution in [0.1, 0.15) is 10.4 Å². The highest BCUT2D eigenvalue weighted by atomic mass is 32.1. The van der Waals surface area contributed by atoms with Crippen molar-refractivity contribution in [3.8, 4) is 11.4 Å². The first-order valence-corrected chi connectivity index (χ1v) is 10.3. The minimum Gasteiger partial charge on any atom is -0.354 e. The van der Waals surface area contributed by atoms with Crippen LogP contribution in [0.3, 0.4) is 0 Å². The maximum Gasteiger partial charge on any atom is 0.259 e. The van der Waals surface area contributed by atoms with E-state index in [9.17, 15) is 4.79 Å². The molecule has 1 saturated heterocycles. The average molecular weight is 405 g/mol. The van der Waals surface area contributed by atoms with Crippen LogP contribution in [0, 0.1) is 0 Å². The SMILES string of the molecule is O=C(Nc1nccs1)c1cccc2[nH]c(-c3ccnc(N4CCNCC4)c3)nc12. The van der Waals surface area contributed by atoms with Gasteiger partial charge in [0.2, 0.25) is 0 Å². The number of nitrogens with zero attached hydrogens (tertiary/aromatic N) is 4. The van der Waals surface area contributed by atoms with E-state index in [1.807, 2.05) is 29.6 Å². The number of nitrogens with one attached hydrogen (secondary N) is 3. The fraction of sp³-hybridized carbons (Fsp3) is 0.200. The second-order valence-corrected chi connectivity index (χ2v) is 7.61. The number of carbonyl (C=O) groups excluding carboxylic acids is 1. The van der Waals surface area contributed by atoms with Crippen molar-refractivity contribution in [1.82, 2.24) is 25.3 Å². The third-order valence-corrected chi connectivity index (χ3v) is 5.56. The van der Waals surface area contributed by atoms with E-state index in [2.05, 4.69) is 30.5 Å². The lowest BCUT2D eigenvalue weighted by Gasteiger charge is -2.28. The van der Waals surface area contributed by atoms with Crippen molar-refractivity contribution < 1.29 is 4.79 Å². The van der Waals surface area contributed by atoms with Gasteiger partial charge in [-0.25, -0.2) is 15.0 Å².